The number of nitrogens with one attached hydrogen (secondary N) is 1. The molecule has 1 rings (SSSR count). The fourth-order valence-electron chi connectivity index (χ4n) is 1.96. The molecule has 0 spiro atoms. The Morgan fingerprint density at radius 2 is 1.89 bits per heavy atom. The second-order valence-corrected chi connectivity index (χ2v) is 5.15. The summed E-state index contributed by atoms with van der Waals surface area (Å²) in [5.41, 5.74) is 1.14. The summed E-state index contributed by atoms with van der Waals surface area (Å²) in [6, 6.07) is 10.0. The fraction of sp³-hybridized carbons (Fsp3) is 0.562. The minimum absolute atomic E-state index is 0.0516. The molecule has 19 heavy (non-hydrogen) atoms. The van der Waals surface area contributed by atoms with Gasteiger partial charge in [0.2, 0.25) is 5.91 Å². The predicted molar refractivity (Wildman–Crippen MR) is 80.0 cm³/mol. The topological polar surface area (TPSA) is 32.3 Å². The molecule has 0 saturated carbocycles. The van der Waals surface area contributed by atoms with Crippen molar-refractivity contribution in [1.82, 2.24) is 10.2 Å². The van der Waals surface area contributed by atoms with E-state index in [9.17, 15) is 4.79 Å². The van der Waals surface area contributed by atoms with Gasteiger partial charge in [0.25, 0.3) is 0 Å². The first-order valence-corrected chi connectivity index (χ1v) is 7.11. The lowest BCUT2D eigenvalue weighted by molar-refractivity contribution is -0.126. The fourth-order valence-corrected chi connectivity index (χ4v) is 1.96. The van der Waals surface area contributed by atoms with Crippen molar-refractivity contribution in [3.8, 4) is 0 Å². The lowest BCUT2D eigenvalue weighted by Crippen LogP contribution is -2.44. The van der Waals surface area contributed by atoms with E-state index in [1.165, 1.54) is 0 Å². The number of rotatable bonds is 7. The number of amides is 1. The second kappa shape index (κ2) is 7.95. The van der Waals surface area contributed by atoms with E-state index in [0.717, 1.165) is 24.9 Å². The molecule has 0 fully saturated rings. The molecule has 0 aliphatic heterocycles. The second-order valence-electron chi connectivity index (χ2n) is 5.15. The summed E-state index contributed by atoms with van der Waals surface area (Å²) in [4.78, 5) is 14.3. The molecule has 1 N–H and O–H groups in total. The molecule has 1 aromatic rings. The van der Waals surface area contributed by atoms with Crippen LogP contribution in [0.4, 0.5) is 0 Å². The Morgan fingerprint density at radius 3 is 2.47 bits per heavy atom. The van der Waals surface area contributed by atoms with E-state index in [-0.39, 0.29) is 18.0 Å². The molecule has 0 bridgehead atoms. The summed E-state index contributed by atoms with van der Waals surface area (Å²) in [6.45, 7) is 7.11. The smallest absolute Gasteiger partial charge is 0.237 e. The highest BCUT2D eigenvalue weighted by Crippen LogP contribution is 2.11. The van der Waals surface area contributed by atoms with Crippen molar-refractivity contribution in [2.24, 2.45) is 0 Å². The zero-order chi connectivity index (χ0) is 14.3. The van der Waals surface area contributed by atoms with Gasteiger partial charge >= 0.3 is 0 Å². The first kappa shape index (κ1) is 15.7. The van der Waals surface area contributed by atoms with Crippen LogP contribution in [-0.2, 0) is 4.79 Å². The van der Waals surface area contributed by atoms with Gasteiger partial charge in [-0.25, -0.2) is 0 Å². The van der Waals surface area contributed by atoms with E-state index in [0.29, 0.717) is 0 Å². The van der Waals surface area contributed by atoms with Gasteiger partial charge in [0.1, 0.15) is 0 Å². The molecule has 3 heteroatoms. The van der Waals surface area contributed by atoms with E-state index in [2.05, 4.69) is 17.1 Å². The van der Waals surface area contributed by atoms with Crippen LogP contribution in [0.25, 0.3) is 0 Å². The van der Waals surface area contributed by atoms with Crippen LogP contribution in [0.2, 0.25) is 0 Å². The molecule has 1 aromatic carbocycles. The van der Waals surface area contributed by atoms with Crippen molar-refractivity contribution in [1.29, 1.82) is 0 Å². The molecule has 0 aliphatic rings. The summed E-state index contributed by atoms with van der Waals surface area (Å²) in [6.07, 6.45) is 2.28. The first-order chi connectivity index (χ1) is 9.06. The van der Waals surface area contributed by atoms with Gasteiger partial charge < -0.3 is 5.32 Å². The summed E-state index contributed by atoms with van der Waals surface area (Å²) >= 11 is 0. The van der Waals surface area contributed by atoms with E-state index >= 15 is 0 Å². The number of carbonyl (C=O) groups excluding carboxylic acids is 1. The van der Waals surface area contributed by atoms with Crippen molar-refractivity contribution in [3.63, 3.8) is 0 Å². The lowest BCUT2D eigenvalue weighted by atomic mass is 10.1. The van der Waals surface area contributed by atoms with E-state index < -0.39 is 0 Å². The maximum absolute atomic E-state index is 12.2. The third-order valence-corrected chi connectivity index (χ3v) is 3.56. The number of hydrogen-bond acceptors (Lipinski definition) is 2. The summed E-state index contributed by atoms with van der Waals surface area (Å²) in [5.74, 6) is 0.0926. The van der Waals surface area contributed by atoms with E-state index in [1.54, 1.807) is 0 Å². The van der Waals surface area contributed by atoms with Crippen molar-refractivity contribution in [2.45, 2.75) is 45.7 Å². The van der Waals surface area contributed by atoms with Crippen LogP contribution in [0.5, 0.6) is 0 Å². The van der Waals surface area contributed by atoms with Gasteiger partial charge in [-0.2, -0.15) is 0 Å². The lowest BCUT2D eigenvalue weighted by Gasteiger charge is -2.25. The molecule has 1 amide bonds. The monoisotopic (exact) mass is 262 g/mol. The van der Waals surface area contributed by atoms with Gasteiger partial charge in [-0.05, 0) is 39.4 Å². The van der Waals surface area contributed by atoms with Crippen LogP contribution in [0.1, 0.15) is 45.2 Å². The number of hydrogen-bond donors (Lipinski definition) is 1. The Kier molecular flexibility index (Phi) is 6.57. The average Bonchev–Trinajstić information content (AvgIpc) is 2.44. The minimum atomic E-state index is -0.0855. The van der Waals surface area contributed by atoms with Crippen molar-refractivity contribution in [2.75, 3.05) is 13.6 Å². The zero-order valence-corrected chi connectivity index (χ0v) is 12.5. The molecule has 0 radical (unpaired) electrons. The molecule has 2 atom stereocenters. The molecule has 0 saturated heterocycles. The Hall–Kier alpha value is -1.35. The molecule has 0 aromatic heterocycles. The van der Waals surface area contributed by atoms with Gasteiger partial charge in [0.05, 0.1) is 12.1 Å². The molecule has 3 nitrogen and oxygen atoms in total. The normalized spacial score (nSPS) is 14.2. The number of nitrogens with zero attached hydrogens (tertiary/aromatic N) is 1. The van der Waals surface area contributed by atoms with Crippen LogP contribution in [0.3, 0.4) is 0 Å². The van der Waals surface area contributed by atoms with Crippen molar-refractivity contribution < 1.29 is 4.79 Å². The third-order valence-electron chi connectivity index (χ3n) is 3.56. The van der Waals surface area contributed by atoms with Gasteiger partial charge in [-0.1, -0.05) is 43.7 Å². The first-order valence-electron chi connectivity index (χ1n) is 7.11. The molecule has 2 unspecified atom stereocenters. The Morgan fingerprint density at radius 1 is 1.26 bits per heavy atom. The molecule has 0 heterocycles. The maximum atomic E-state index is 12.2. The summed E-state index contributed by atoms with van der Waals surface area (Å²) in [7, 11) is 2.01. The van der Waals surface area contributed by atoms with Gasteiger partial charge in [0, 0.05) is 0 Å². The van der Waals surface area contributed by atoms with E-state index in [4.69, 9.17) is 0 Å². The summed E-state index contributed by atoms with van der Waals surface area (Å²) in [5, 5.41) is 3.07. The van der Waals surface area contributed by atoms with Crippen molar-refractivity contribution in [3.05, 3.63) is 35.9 Å². The molecule has 106 valence electrons. The zero-order valence-electron chi connectivity index (χ0n) is 12.5. The Balaban J connectivity index is 2.50. The predicted octanol–water partition coefficient (Wildman–Crippen LogP) is 2.98. The van der Waals surface area contributed by atoms with E-state index in [1.807, 2.05) is 51.2 Å². The molecular weight excluding hydrogens is 236 g/mol. The summed E-state index contributed by atoms with van der Waals surface area (Å²) < 4.78 is 0. The van der Waals surface area contributed by atoms with Gasteiger partial charge in [0.15, 0.2) is 0 Å². The standard InChI is InChI=1S/C16H26N2O/c1-5-6-12-18(4)14(3)16(19)17-13(2)15-10-8-7-9-11-15/h7-11,13-14H,5-6,12H2,1-4H3,(H,17,19). The minimum Gasteiger partial charge on any atom is -0.348 e. The van der Waals surface area contributed by atoms with Crippen molar-refractivity contribution >= 4 is 5.91 Å². The molecular formula is C16H26N2O. The van der Waals surface area contributed by atoms with Crippen LogP contribution < -0.4 is 5.32 Å². The molecule has 0 aliphatic carbocycles. The number of likely N-dealkylation sites (N-methyl/N-ethyl adjacent to an activating group) is 1. The third kappa shape index (κ3) is 5.03. The quantitative estimate of drug-likeness (QED) is 0.819. The SMILES string of the molecule is CCCCN(C)C(C)C(=O)NC(C)c1ccccc1. The number of carbonyl (C=O) groups is 1. The highest BCUT2D eigenvalue weighted by molar-refractivity contribution is 5.81. The Bertz CT molecular complexity index is 378. The highest BCUT2D eigenvalue weighted by Gasteiger charge is 2.19. The van der Waals surface area contributed by atoms with Crippen LogP contribution in [0, 0.1) is 0 Å². The van der Waals surface area contributed by atoms with Gasteiger partial charge in [-0.15, -0.1) is 0 Å². The average molecular weight is 262 g/mol. The Labute approximate surface area is 117 Å². The van der Waals surface area contributed by atoms with Gasteiger partial charge in [-0.3, -0.25) is 9.69 Å². The highest BCUT2D eigenvalue weighted by atomic mass is 16.2. The maximum Gasteiger partial charge on any atom is 0.237 e. The number of benzene rings is 1. The van der Waals surface area contributed by atoms with Crippen LogP contribution >= 0.6 is 0 Å². The van der Waals surface area contributed by atoms with Crippen LogP contribution in [-0.4, -0.2) is 30.4 Å². The number of unbranched alkanes of at least 4 members (excludes halogenated alkanes) is 1. The largest absolute Gasteiger partial charge is 0.348 e. The van der Waals surface area contributed by atoms with Crippen LogP contribution in [0.15, 0.2) is 30.3 Å².